The van der Waals surface area contributed by atoms with Crippen LogP contribution < -0.4 is 4.90 Å². The number of halogens is 1. The molecule has 3 aromatic carbocycles. The zero-order valence-electron chi connectivity index (χ0n) is 15.5. The molecule has 0 N–H and O–H groups in total. The van der Waals surface area contributed by atoms with Gasteiger partial charge < -0.3 is 4.90 Å². The third-order valence-electron chi connectivity index (χ3n) is 3.93. The molecule has 0 atom stereocenters. The fourth-order valence-electron chi connectivity index (χ4n) is 2.28. The molecule has 27 heavy (non-hydrogen) atoms. The van der Waals surface area contributed by atoms with Gasteiger partial charge in [0.2, 0.25) is 0 Å². The zero-order chi connectivity index (χ0) is 19.2. The van der Waals surface area contributed by atoms with Crippen molar-refractivity contribution in [1.82, 2.24) is 0 Å². The van der Waals surface area contributed by atoms with Crippen LogP contribution in [0, 0.1) is 6.92 Å². The predicted octanol–water partition coefficient (Wildman–Crippen LogP) is 7.55. The van der Waals surface area contributed by atoms with Gasteiger partial charge in [-0.15, -0.1) is 0 Å². The smallest absolute Gasteiger partial charge is 0.0872 e. The fraction of sp³-hybridized carbons (Fsp3) is 0.143. The van der Waals surface area contributed by atoms with E-state index in [1.54, 1.807) is 6.07 Å². The Morgan fingerprint density at radius 3 is 1.48 bits per heavy atom. The second kappa shape index (κ2) is 8.56. The van der Waals surface area contributed by atoms with E-state index in [1.807, 2.05) is 86.6 Å². The molecule has 3 aromatic rings. The molecule has 0 bridgehead atoms. The molecule has 0 fully saturated rings. The van der Waals surface area contributed by atoms with Gasteiger partial charge in [-0.1, -0.05) is 17.7 Å². The Morgan fingerprint density at radius 2 is 1.04 bits per heavy atom. The van der Waals surface area contributed by atoms with Crippen molar-refractivity contribution in [2.75, 3.05) is 19.0 Å². The van der Waals surface area contributed by atoms with E-state index in [1.165, 1.54) is 0 Å². The van der Waals surface area contributed by atoms with Gasteiger partial charge in [0.15, 0.2) is 0 Å². The minimum absolute atomic E-state index is 0.681. The van der Waals surface area contributed by atoms with E-state index in [-0.39, 0.29) is 0 Å². The highest BCUT2D eigenvalue weighted by atomic mass is 35.5. The van der Waals surface area contributed by atoms with Crippen molar-refractivity contribution in [3.8, 4) is 0 Å². The molecule has 0 aliphatic carbocycles. The maximum atomic E-state index is 6.10. The van der Waals surface area contributed by atoms with Crippen LogP contribution in [0.2, 0.25) is 5.02 Å². The minimum Gasteiger partial charge on any atom is -0.378 e. The fourth-order valence-corrected chi connectivity index (χ4v) is 2.45. The minimum atomic E-state index is 0.681. The predicted molar refractivity (Wildman–Crippen MR) is 112 cm³/mol. The quantitative estimate of drug-likeness (QED) is 0.423. The first-order chi connectivity index (χ1) is 13.0. The summed E-state index contributed by atoms with van der Waals surface area (Å²) in [6.45, 7) is 1.95. The van der Waals surface area contributed by atoms with Crippen LogP contribution in [0.25, 0.3) is 0 Å². The van der Waals surface area contributed by atoms with Crippen molar-refractivity contribution >= 4 is 40.0 Å². The molecule has 136 valence electrons. The lowest BCUT2D eigenvalue weighted by molar-refractivity contribution is 1.13. The lowest BCUT2D eigenvalue weighted by Gasteiger charge is -2.11. The van der Waals surface area contributed by atoms with Gasteiger partial charge in [0, 0.05) is 24.8 Å². The molecular weight excluding hydrogens is 358 g/mol. The molecule has 3 rings (SSSR count). The van der Waals surface area contributed by atoms with Gasteiger partial charge in [-0.05, 0) is 73.2 Å². The van der Waals surface area contributed by atoms with Gasteiger partial charge in [-0.3, -0.25) is 0 Å². The molecule has 0 amide bonds. The molecule has 0 aromatic heterocycles. The van der Waals surface area contributed by atoms with Crippen LogP contribution in [-0.2, 0) is 0 Å². The summed E-state index contributed by atoms with van der Waals surface area (Å²) in [5.41, 5.74) is 5.15. The monoisotopic (exact) mass is 377 g/mol. The maximum absolute atomic E-state index is 6.10. The highest BCUT2D eigenvalue weighted by Crippen LogP contribution is 2.26. The first-order valence-electron chi connectivity index (χ1n) is 8.48. The summed E-state index contributed by atoms with van der Waals surface area (Å²) in [5.74, 6) is 0. The Hall–Kier alpha value is -3.05. The van der Waals surface area contributed by atoms with Crippen molar-refractivity contribution in [3.05, 3.63) is 77.3 Å². The Bertz CT molecular complexity index is 961. The van der Waals surface area contributed by atoms with E-state index in [2.05, 4.69) is 20.5 Å². The normalized spacial score (nSPS) is 11.4. The van der Waals surface area contributed by atoms with Crippen LogP contribution in [-0.4, -0.2) is 14.1 Å². The SMILES string of the molecule is Cc1ccc(N=Nc2ccc(N=Nc3ccc(N(C)C)cc3)cc2)cc1Cl. The Kier molecular flexibility index (Phi) is 5.94. The first-order valence-corrected chi connectivity index (χ1v) is 8.86. The van der Waals surface area contributed by atoms with Crippen LogP contribution in [0.4, 0.5) is 28.4 Å². The average Bonchev–Trinajstić information content (AvgIpc) is 2.68. The molecule has 6 heteroatoms. The molecular formula is C21H20ClN5. The molecule has 0 aliphatic rings. The van der Waals surface area contributed by atoms with Gasteiger partial charge >= 0.3 is 0 Å². The number of aryl methyl sites for hydroxylation is 1. The van der Waals surface area contributed by atoms with E-state index < -0.39 is 0 Å². The highest BCUT2D eigenvalue weighted by molar-refractivity contribution is 6.31. The Morgan fingerprint density at radius 1 is 0.630 bits per heavy atom. The van der Waals surface area contributed by atoms with Crippen LogP contribution in [0.15, 0.2) is 87.2 Å². The largest absolute Gasteiger partial charge is 0.378 e. The summed E-state index contributed by atoms with van der Waals surface area (Å²) >= 11 is 6.10. The molecule has 0 heterocycles. The summed E-state index contributed by atoms with van der Waals surface area (Å²) in [6, 6.07) is 20.9. The van der Waals surface area contributed by atoms with E-state index in [9.17, 15) is 0 Å². The van der Waals surface area contributed by atoms with E-state index in [0.717, 1.165) is 34.0 Å². The number of hydrogen-bond donors (Lipinski definition) is 0. The molecule has 5 nitrogen and oxygen atoms in total. The van der Waals surface area contributed by atoms with Crippen LogP contribution >= 0.6 is 11.6 Å². The average molecular weight is 378 g/mol. The molecule has 0 unspecified atom stereocenters. The Labute approximate surface area is 164 Å². The van der Waals surface area contributed by atoms with E-state index in [0.29, 0.717) is 5.02 Å². The molecule has 0 saturated carbocycles. The maximum Gasteiger partial charge on any atom is 0.0872 e. The summed E-state index contributed by atoms with van der Waals surface area (Å²) in [4.78, 5) is 2.04. The summed E-state index contributed by atoms with van der Waals surface area (Å²) in [6.07, 6.45) is 0. The Balaban J connectivity index is 1.65. The third kappa shape index (κ3) is 5.21. The number of rotatable bonds is 5. The lowest BCUT2D eigenvalue weighted by atomic mass is 10.2. The zero-order valence-corrected chi connectivity index (χ0v) is 16.2. The van der Waals surface area contributed by atoms with Crippen molar-refractivity contribution in [1.29, 1.82) is 0 Å². The topological polar surface area (TPSA) is 52.7 Å². The number of nitrogens with zero attached hydrogens (tertiary/aromatic N) is 5. The van der Waals surface area contributed by atoms with Gasteiger partial charge in [0.05, 0.1) is 22.7 Å². The van der Waals surface area contributed by atoms with Crippen LogP contribution in [0.5, 0.6) is 0 Å². The number of hydrogen-bond acceptors (Lipinski definition) is 5. The molecule has 0 radical (unpaired) electrons. The highest BCUT2D eigenvalue weighted by Gasteiger charge is 1.98. The van der Waals surface area contributed by atoms with E-state index in [4.69, 9.17) is 11.6 Å². The summed E-state index contributed by atoms with van der Waals surface area (Å²) in [5, 5.41) is 17.6. The first kappa shape index (κ1) is 18.7. The van der Waals surface area contributed by atoms with Crippen molar-refractivity contribution in [2.24, 2.45) is 20.5 Å². The van der Waals surface area contributed by atoms with E-state index >= 15 is 0 Å². The van der Waals surface area contributed by atoms with Gasteiger partial charge in [-0.2, -0.15) is 20.5 Å². The van der Waals surface area contributed by atoms with Gasteiger partial charge in [0.1, 0.15) is 0 Å². The van der Waals surface area contributed by atoms with Gasteiger partial charge in [-0.25, -0.2) is 0 Å². The second-order valence-electron chi connectivity index (χ2n) is 6.26. The standard InChI is InChI=1S/C21H20ClN5/c1-15-4-5-19(14-21(15)22)26-25-17-8-6-16(7-9-17)23-24-18-10-12-20(13-11-18)27(2)3/h4-14H,1-3H3. The molecule has 0 saturated heterocycles. The van der Waals surface area contributed by atoms with Gasteiger partial charge in [0.25, 0.3) is 0 Å². The van der Waals surface area contributed by atoms with Crippen molar-refractivity contribution < 1.29 is 0 Å². The van der Waals surface area contributed by atoms with Crippen molar-refractivity contribution in [3.63, 3.8) is 0 Å². The second-order valence-corrected chi connectivity index (χ2v) is 6.67. The lowest BCUT2D eigenvalue weighted by Crippen LogP contribution is -2.07. The van der Waals surface area contributed by atoms with Crippen LogP contribution in [0.3, 0.4) is 0 Å². The number of anilines is 1. The van der Waals surface area contributed by atoms with Crippen molar-refractivity contribution in [2.45, 2.75) is 6.92 Å². The summed E-state index contributed by atoms with van der Waals surface area (Å²) < 4.78 is 0. The number of benzene rings is 3. The molecule has 0 aliphatic heterocycles. The summed E-state index contributed by atoms with van der Waals surface area (Å²) in [7, 11) is 4.01. The third-order valence-corrected chi connectivity index (χ3v) is 4.34. The molecule has 0 spiro atoms. The van der Waals surface area contributed by atoms with Crippen LogP contribution in [0.1, 0.15) is 5.56 Å². The number of azo groups is 2.